The van der Waals surface area contributed by atoms with Gasteiger partial charge >= 0.3 is 5.97 Å². The number of nitrogens with one attached hydrogen (secondary N) is 1. The van der Waals surface area contributed by atoms with Crippen LogP contribution in [0.3, 0.4) is 0 Å². The van der Waals surface area contributed by atoms with Crippen LogP contribution in [0.5, 0.6) is 0 Å². The summed E-state index contributed by atoms with van der Waals surface area (Å²) < 4.78 is 4.99. The second-order valence-corrected chi connectivity index (χ2v) is 3.43. The van der Waals surface area contributed by atoms with Crippen LogP contribution < -0.4 is 5.32 Å². The maximum Gasteiger partial charge on any atom is 0.307 e. The third-order valence-electron chi connectivity index (χ3n) is 1.67. The minimum atomic E-state index is -0.187. The molecule has 1 aromatic heterocycles. The Kier molecular flexibility index (Phi) is 4.60. The molecule has 0 aliphatic rings. The first-order valence-corrected chi connectivity index (χ1v) is 5.03. The van der Waals surface area contributed by atoms with E-state index in [2.05, 4.69) is 10.3 Å². The average Bonchev–Trinajstić information content (AvgIpc) is 2.18. The van der Waals surface area contributed by atoms with Crippen molar-refractivity contribution in [3.05, 3.63) is 24.4 Å². The van der Waals surface area contributed by atoms with Gasteiger partial charge in [0, 0.05) is 12.7 Å². The van der Waals surface area contributed by atoms with Crippen molar-refractivity contribution >= 4 is 11.8 Å². The summed E-state index contributed by atoms with van der Waals surface area (Å²) in [5.74, 6) is 0.586. The molecule has 0 amide bonds. The molecule has 82 valence electrons. The molecule has 0 spiro atoms. The summed E-state index contributed by atoms with van der Waals surface area (Å²) in [6.07, 6.45) is 2.01. The zero-order valence-electron chi connectivity index (χ0n) is 9.06. The van der Waals surface area contributed by atoms with Crippen molar-refractivity contribution in [2.75, 3.05) is 11.9 Å². The molecule has 1 N–H and O–H groups in total. The van der Waals surface area contributed by atoms with Crippen LogP contribution in [0, 0.1) is 0 Å². The molecule has 1 rings (SSSR count). The smallest absolute Gasteiger partial charge is 0.307 e. The van der Waals surface area contributed by atoms with Crippen LogP contribution in [0.4, 0.5) is 5.82 Å². The van der Waals surface area contributed by atoms with Crippen LogP contribution in [0.2, 0.25) is 0 Å². The van der Waals surface area contributed by atoms with Crippen molar-refractivity contribution in [3.8, 4) is 0 Å². The van der Waals surface area contributed by atoms with E-state index in [9.17, 15) is 4.79 Å². The van der Waals surface area contributed by atoms with Crippen LogP contribution in [0.25, 0.3) is 0 Å². The SMILES string of the molecule is CC(C)OC(=O)CCNc1ccccn1. The zero-order valence-corrected chi connectivity index (χ0v) is 9.06. The highest BCUT2D eigenvalue weighted by atomic mass is 16.5. The minimum absolute atomic E-state index is 0.0487. The van der Waals surface area contributed by atoms with Gasteiger partial charge in [0.15, 0.2) is 0 Å². The molecule has 0 radical (unpaired) electrons. The lowest BCUT2D eigenvalue weighted by Crippen LogP contribution is -2.15. The van der Waals surface area contributed by atoms with Gasteiger partial charge in [-0.3, -0.25) is 4.79 Å². The summed E-state index contributed by atoms with van der Waals surface area (Å²) in [5.41, 5.74) is 0. The highest BCUT2D eigenvalue weighted by Gasteiger charge is 2.04. The lowest BCUT2D eigenvalue weighted by atomic mass is 10.4. The normalized spacial score (nSPS) is 10.1. The summed E-state index contributed by atoms with van der Waals surface area (Å²) in [4.78, 5) is 15.2. The quantitative estimate of drug-likeness (QED) is 0.750. The third kappa shape index (κ3) is 5.00. The molecule has 15 heavy (non-hydrogen) atoms. The van der Waals surface area contributed by atoms with E-state index in [1.165, 1.54) is 0 Å². The fourth-order valence-corrected chi connectivity index (χ4v) is 1.08. The highest BCUT2D eigenvalue weighted by molar-refractivity contribution is 5.70. The summed E-state index contributed by atoms with van der Waals surface area (Å²) in [5, 5.41) is 3.04. The minimum Gasteiger partial charge on any atom is -0.463 e. The molecular weight excluding hydrogens is 192 g/mol. The van der Waals surface area contributed by atoms with Gasteiger partial charge in [-0.2, -0.15) is 0 Å². The topological polar surface area (TPSA) is 51.2 Å². The molecule has 0 unspecified atom stereocenters. The Hall–Kier alpha value is -1.58. The van der Waals surface area contributed by atoms with Gasteiger partial charge in [-0.25, -0.2) is 4.98 Å². The number of carbonyl (C=O) groups is 1. The number of esters is 1. The Balaban J connectivity index is 2.19. The zero-order chi connectivity index (χ0) is 11.1. The number of ether oxygens (including phenoxy) is 1. The monoisotopic (exact) mass is 208 g/mol. The molecule has 0 saturated carbocycles. The predicted octanol–water partition coefficient (Wildman–Crippen LogP) is 1.84. The van der Waals surface area contributed by atoms with E-state index in [0.29, 0.717) is 13.0 Å². The number of hydrogen-bond donors (Lipinski definition) is 1. The molecule has 0 bridgehead atoms. The highest BCUT2D eigenvalue weighted by Crippen LogP contribution is 2.00. The number of nitrogens with zero attached hydrogens (tertiary/aromatic N) is 1. The van der Waals surface area contributed by atoms with Gasteiger partial charge in [0.2, 0.25) is 0 Å². The van der Waals surface area contributed by atoms with Crippen molar-refractivity contribution in [2.24, 2.45) is 0 Å². The van der Waals surface area contributed by atoms with Crippen LogP contribution >= 0.6 is 0 Å². The number of aromatic nitrogens is 1. The molecule has 1 aromatic rings. The van der Waals surface area contributed by atoms with Crippen LogP contribution in [0.1, 0.15) is 20.3 Å². The van der Waals surface area contributed by atoms with E-state index in [0.717, 1.165) is 5.82 Å². The van der Waals surface area contributed by atoms with E-state index < -0.39 is 0 Å². The van der Waals surface area contributed by atoms with Crippen molar-refractivity contribution in [2.45, 2.75) is 26.4 Å². The fraction of sp³-hybridized carbons (Fsp3) is 0.455. The van der Waals surface area contributed by atoms with Crippen molar-refractivity contribution in [1.82, 2.24) is 4.98 Å². The van der Waals surface area contributed by atoms with Crippen LogP contribution in [-0.4, -0.2) is 23.6 Å². The van der Waals surface area contributed by atoms with E-state index in [-0.39, 0.29) is 12.1 Å². The van der Waals surface area contributed by atoms with Gasteiger partial charge in [0.1, 0.15) is 5.82 Å². The summed E-state index contributed by atoms with van der Waals surface area (Å²) in [6.45, 7) is 4.22. The van der Waals surface area contributed by atoms with Crippen LogP contribution in [0.15, 0.2) is 24.4 Å². The molecule has 4 nitrogen and oxygen atoms in total. The molecule has 4 heteroatoms. The predicted molar refractivity (Wildman–Crippen MR) is 58.6 cm³/mol. The van der Waals surface area contributed by atoms with Crippen molar-refractivity contribution in [3.63, 3.8) is 0 Å². The maximum atomic E-state index is 11.2. The Morgan fingerprint density at radius 1 is 1.53 bits per heavy atom. The number of rotatable bonds is 5. The maximum absolute atomic E-state index is 11.2. The Bertz CT molecular complexity index is 299. The fourth-order valence-electron chi connectivity index (χ4n) is 1.08. The molecule has 0 aromatic carbocycles. The van der Waals surface area contributed by atoms with Crippen LogP contribution in [-0.2, 0) is 9.53 Å². The molecule has 0 atom stereocenters. The lowest BCUT2D eigenvalue weighted by Gasteiger charge is -2.08. The summed E-state index contributed by atoms with van der Waals surface area (Å²) >= 11 is 0. The van der Waals surface area contributed by atoms with E-state index in [1.807, 2.05) is 32.0 Å². The van der Waals surface area contributed by atoms with Gasteiger partial charge in [0.05, 0.1) is 12.5 Å². The van der Waals surface area contributed by atoms with Crippen molar-refractivity contribution < 1.29 is 9.53 Å². The largest absolute Gasteiger partial charge is 0.463 e. The van der Waals surface area contributed by atoms with Gasteiger partial charge in [-0.05, 0) is 26.0 Å². The van der Waals surface area contributed by atoms with E-state index >= 15 is 0 Å². The Labute approximate surface area is 89.7 Å². The second-order valence-electron chi connectivity index (χ2n) is 3.43. The van der Waals surface area contributed by atoms with Gasteiger partial charge in [-0.1, -0.05) is 6.07 Å². The van der Waals surface area contributed by atoms with Gasteiger partial charge in [-0.15, -0.1) is 0 Å². The average molecular weight is 208 g/mol. The Morgan fingerprint density at radius 2 is 2.33 bits per heavy atom. The molecule has 0 saturated heterocycles. The second kappa shape index (κ2) is 6.01. The summed E-state index contributed by atoms with van der Waals surface area (Å²) in [6, 6.07) is 5.59. The third-order valence-corrected chi connectivity index (χ3v) is 1.67. The number of anilines is 1. The van der Waals surface area contributed by atoms with Crippen molar-refractivity contribution in [1.29, 1.82) is 0 Å². The first-order chi connectivity index (χ1) is 7.18. The van der Waals surface area contributed by atoms with E-state index in [1.54, 1.807) is 6.20 Å². The van der Waals surface area contributed by atoms with Gasteiger partial charge in [0.25, 0.3) is 0 Å². The summed E-state index contributed by atoms with van der Waals surface area (Å²) in [7, 11) is 0. The van der Waals surface area contributed by atoms with Gasteiger partial charge < -0.3 is 10.1 Å². The molecule has 0 fully saturated rings. The standard InChI is InChI=1S/C11H16N2O2/c1-9(2)15-11(14)6-8-13-10-5-3-4-7-12-10/h3-5,7,9H,6,8H2,1-2H3,(H,12,13). The number of pyridine rings is 1. The molecule has 0 aliphatic heterocycles. The Morgan fingerprint density at radius 3 is 2.93 bits per heavy atom. The number of carbonyl (C=O) groups excluding carboxylic acids is 1. The number of hydrogen-bond acceptors (Lipinski definition) is 4. The lowest BCUT2D eigenvalue weighted by molar-refractivity contribution is -0.147. The first kappa shape index (κ1) is 11.5. The molecule has 1 heterocycles. The molecule has 0 aliphatic carbocycles. The first-order valence-electron chi connectivity index (χ1n) is 5.03. The van der Waals surface area contributed by atoms with E-state index in [4.69, 9.17) is 4.74 Å². The molecular formula is C11H16N2O2.